The molecule has 2 heterocycles. The van der Waals surface area contributed by atoms with Gasteiger partial charge in [-0.3, -0.25) is 0 Å². The molecule has 0 spiro atoms. The van der Waals surface area contributed by atoms with Crippen molar-refractivity contribution >= 4 is 17.5 Å². The maximum atomic E-state index is 14.0. The van der Waals surface area contributed by atoms with Crippen molar-refractivity contribution in [3.05, 3.63) is 65.7 Å². The third-order valence-electron chi connectivity index (χ3n) is 3.45. The van der Waals surface area contributed by atoms with Gasteiger partial charge in [0.05, 0.1) is 11.3 Å². The molecule has 3 aromatic rings. The van der Waals surface area contributed by atoms with E-state index in [1.807, 2.05) is 30.3 Å². The Kier molecular flexibility index (Phi) is 3.42. The molecule has 7 heteroatoms. The first-order valence-corrected chi connectivity index (χ1v) is 7.88. The summed E-state index contributed by atoms with van der Waals surface area (Å²) in [4.78, 5) is 0. The van der Waals surface area contributed by atoms with Crippen LogP contribution in [0.4, 0.5) is 8.78 Å². The molecule has 1 aliphatic rings. The van der Waals surface area contributed by atoms with Crippen LogP contribution in [0.5, 0.6) is 0 Å². The van der Waals surface area contributed by atoms with Crippen LogP contribution in [0.2, 0.25) is 0 Å². The van der Waals surface area contributed by atoms with Crippen LogP contribution in [0.1, 0.15) is 5.56 Å². The first-order chi connectivity index (χ1) is 11.2. The van der Waals surface area contributed by atoms with Crippen molar-refractivity contribution in [2.75, 3.05) is 5.75 Å². The fraction of sp³-hybridized carbons (Fsp3) is 0.0625. The topological polar surface area (TPSA) is 43.1 Å². The van der Waals surface area contributed by atoms with Crippen molar-refractivity contribution in [2.45, 2.75) is 5.16 Å². The third kappa shape index (κ3) is 2.53. The monoisotopic (exact) mass is 328 g/mol. The zero-order valence-corrected chi connectivity index (χ0v) is 12.6. The Hall–Kier alpha value is -2.54. The van der Waals surface area contributed by atoms with Crippen molar-refractivity contribution in [3.63, 3.8) is 0 Å². The van der Waals surface area contributed by atoms with Gasteiger partial charge in [0.25, 0.3) is 0 Å². The van der Waals surface area contributed by atoms with Gasteiger partial charge in [-0.15, -0.1) is 10.2 Å². The smallest absolute Gasteiger partial charge is 0.207 e. The third-order valence-corrected chi connectivity index (χ3v) is 4.38. The summed E-state index contributed by atoms with van der Waals surface area (Å²) in [7, 11) is 0. The summed E-state index contributed by atoms with van der Waals surface area (Å²) in [6.07, 6.45) is 0. The molecule has 0 aliphatic carbocycles. The Morgan fingerprint density at radius 1 is 1.00 bits per heavy atom. The molecule has 0 atom stereocenters. The van der Waals surface area contributed by atoms with E-state index in [0.29, 0.717) is 10.9 Å². The van der Waals surface area contributed by atoms with Crippen LogP contribution in [0, 0.1) is 11.6 Å². The molecule has 23 heavy (non-hydrogen) atoms. The second-order valence-electron chi connectivity index (χ2n) is 4.94. The van der Waals surface area contributed by atoms with Crippen molar-refractivity contribution in [1.82, 2.24) is 14.9 Å². The lowest BCUT2D eigenvalue weighted by molar-refractivity contribution is 0.600. The van der Waals surface area contributed by atoms with Gasteiger partial charge in [0.1, 0.15) is 11.6 Å². The van der Waals surface area contributed by atoms with Crippen molar-refractivity contribution in [3.8, 4) is 11.4 Å². The van der Waals surface area contributed by atoms with Crippen LogP contribution in [-0.2, 0) is 0 Å². The molecular weight excluding hydrogens is 318 g/mol. The molecule has 0 unspecified atom stereocenters. The molecule has 0 saturated heterocycles. The number of hydrogen-bond donors (Lipinski definition) is 0. The van der Waals surface area contributed by atoms with Gasteiger partial charge in [0, 0.05) is 5.75 Å². The summed E-state index contributed by atoms with van der Waals surface area (Å²) in [5.41, 5.74) is 1.85. The summed E-state index contributed by atoms with van der Waals surface area (Å²) in [5, 5.41) is 13.1. The molecule has 0 amide bonds. The second-order valence-corrected chi connectivity index (χ2v) is 5.89. The SMILES string of the molecule is Fc1ccc(F)c(-c2nnc3n2N=C(c2ccccc2)CS3)c1. The summed E-state index contributed by atoms with van der Waals surface area (Å²) < 4.78 is 28.9. The molecule has 4 rings (SSSR count). The molecule has 1 aliphatic heterocycles. The van der Waals surface area contributed by atoms with E-state index >= 15 is 0 Å². The Morgan fingerprint density at radius 3 is 2.65 bits per heavy atom. The lowest BCUT2D eigenvalue weighted by atomic mass is 10.1. The van der Waals surface area contributed by atoms with Crippen LogP contribution in [0.3, 0.4) is 0 Å². The van der Waals surface area contributed by atoms with Gasteiger partial charge in [0.15, 0.2) is 5.82 Å². The average molecular weight is 328 g/mol. The summed E-state index contributed by atoms with van der Waals surface area (Å²) in [6, 6.07) is 12.9. The van der Waals surface area contributed by atoms with Crippen LogP contribution >= 0.6 is 11.8 Å². The van der Waals surface area contributed by atoms with Gasteiger partial charge in [0.2, 0.25) is 5.16 Å². The number of rotatable bonds is 2. The average Bonchev–Trinajstić information content (AvgIpc) is 3.01. The van der Waals surface area contributed by atoms with Crippen molar-refractivity contribution in [2.24, 2.45) is 5.10 Å². The van der Waals surface area contributed by atoms with E-state index in [4.69, 9.17) is 0 Å². The van der Waals surface area contributed by atoms with Crippen LogP contribution in [0.15, 0.2) is 58.8 Å². The number of aromatic nitrogens is 3. The van der Waals surface area contributed by atoms with E-state index in [2.05, 4.69) is 15.3 Å². The van der Waals surface area contributed by atoms with Gasteiger partial charge in [-0.2, -0.15) is 9.78 Å². The molecule has 2 aromatic carbocycles. The van der Waals surface area contributed by atoms with Crippen LogP contribution in [-0.4, -0.2) is 26.3 Å². The minimum atomic E-state index is -0.561. The first-order valence-electron chi connectivity index (χ1n) is 6.89. The molecule has 4 nitrogen and oxygen atoms in total. The number of nitrogens with zero attached hydrogens (tertiary/aromatic N) is 4. The predicted octanol–water partition coefficient (Wildman–Crippen LogP) is 3.58. The molecule has 0 N–H and O–H groups in total. The van der Waals surface area contributed by atoms with E-state index in [1.54, 1.807) is 0 Å². The standard InChI is InChI=1S/C16H10F2N4S/c17-11-6-7-13(18)12(8-11)15-19-20-16-22(15)21-14(9-23-16)10-4-2-1-3-5-10/h1-8H,9H2. The van der Waals surface area contributed by atoms with Crippen LogP contribution < -0.4 is 0 Å². The number of fused-ring (bicyclic) bond motifs is 1. The van der Waals surface area contributed by atoms with Gasteiger partial charge in [-0.25, -0.2) is 8.78 Å². The molecule has 114 valence electrons. The minimum absolute atomic E-state index is 0.0439. The number of halogens is 2. The highest BCUT2D eigenvalue weighted by Gasteiger charge is 2.22. The second kappa shape index (κ2) is 5.58. The minimum Gasteiger partial charge on any atom is -0.207 e. The van der Waals surface area contributed by atoms with Crippen molar-refractivity contribution < 1.29 is 8.78 Å². The largest absolute Gasteiger partial charge is 0.212 e. The Labute approximate surface area is 134 Å². The van der Waals surface area contributed by atoms with Crippen molar-refractivity contribution in [1.29, 1.82) is 0 Å². The number of thioether (sulfide) groups is 1. The van der Waals surface area contributed by atoms with Gasteiger partial charge >= 0.3 is 0 Å². The summed E-state index contributed by atoms with van der Waals surface area (Å²) >= 11 is 1.46. The Morgan fingerprint density at radius 2 is 1.83 bits per heavy atom. The normalized spacial score (nSPS) is 13.6. The summed E-state index contributed by atoms with van der Waals surface area (Å²) in [5.74, 6) is -0.255. The highest BCUT2D eigenvalue weighted by Crippen LogP contribution is 2.29. The van der Waals surface area contributed by atoms with Gasteiger partial charge in [-0.05, 0) is 23.8 Å². The molecule has 0 bridgehead atoms. The van der Waals surface area contributed by atoms with E-state index in [1.165, 1.54) is 16.4 Å². The molecule has 0 radical (unpaired) electrons. The quantitative estimate of drug-likeness (QED) is 0.722. The fourth-order valence-electron chi connectivity index (χ4n) is 2.34. The number of hydrogen-bond acceptors (Lipinski definition) is 4. The van der Waals surface area contributed by atoms with E-state index in [-0.39, 0.29) is 11.4 Å². The first kappa shape index (κ1) is 14.1. The Bertz CT molecular complexity index is 906. The summed E-state index contributed by atoms with van der Waals surface area (Å²) in [6.45, 7) is 0. The van der Waals surface area contributed by atoms with Gasteiger partial charge in [-0.1, -0.05) is 42.1 Å². The molecular formula is C16H10F2N4S. The zero-order valence-electron chi connectivity index (χ0n) is 11.8. The maximum absolute atomic E-state index is 14.0. The maximum Gasteiger partial charge on any atom is 0.212 e. The zero-order chi connectivity index (χ0) is 15.8. The number of benzene rings is 2. The van der Waals surface area contributed by atoms with E-state index in [0.717, 1.165) is 29.5 Å². The van der Waals surface area contributed by atoms with Crippen LogP contribution in [0.25, 0.3) is 11.4 Å². The lowest BCUT2D eigenvalue weighted by Crippen LogP contribution is -2.13. The molecule has 0 saturated carbocycles. The lowest BCUT2D eigenvalue weighted by Gasteiger charge is -2.14. The molecule has 1 aromatic heterocycles. The van der Waals surface area contributed by atoms with E-state index in [9.17, 15) is 8.78 Å². The van der Waals surface area contributed by atoms with E-state index < -0.39 is 11.6 Å². The molecule has 0 fully saturated rings. The predicted molar refractivity (Wildman–Crippen MR) is 84.5 cm³/mol. The highest BCUT2D eigenvalue weighted by molar-refractivity contribution is 7.99. The Balaban J connectivity index is 1.85. The highest BCUT2D eigenvalue weighted by atomic mass is 32.2. The van der Waals surface area contributed by atoms with Gasteiger partial charge < -0.3 is 0 Å². The fourth-order valence-corrected chi connectivity index (χ4v) is 3.17.